The van der Waals surface area contributed by atoms with E-state index in [1.165, 1.54) is 22.2 Å². The second-order valence-corrected chi connectivity index (χ2v) is 7.77. The largest absolute Gasteiger partial charge is 0.492 e. The maximum Gasteiger partial charge on any atom is 0.263 e. The Morgan fingerprint density at radius 1 is 1.26 bits per heavy atom. The molecule has 0 spiro atoms. The fraction of sp³-hybridized carbons (Fsp3) is 0.400. The van der Waals surface area contributed by atoms with Gasteiger partial charge in [-0.1, -0.05) is 17.7 Å². The van der Waals surface area contributed by atoms with Crippen LogP contribution in [0.5, 0.6) is 5.75 Å². The van der Waals surface area contributed by atoms with Crippen LogP contribution in [0, 0.1) is 13.8 Å². The summed E-state index contributed by atoms with van der Waals surface area (Å²) in [7, 11) is -0.616. The van der Waals surface area contributed by atoms with Crippen molar-refractivity contribution in [1.82, 2.24) is 13.9 Å². The molecule has 0 aliphatic rings. The summed E-state index contributed by atoms with van der Waals surface area (Å²) < 4.78 is 33.1. The maximum absolute atomic E-state index is 12.4. The van der Waals surface area contributed by atoms with Crippen molar-refractivity contribution in [2.45, 2.75) is 18.9 Å². The Morgan fingerprint density at radius 2 is 1.87 bits per heavy atom. The molecule has 0 bridgehead atoms. The molecule has 0 atom stereocenters. The smallest absolute Gasteiger partial charge is 0.263 e. The van der Waals surface area contributed by atoms with E-state index in [1.807, 2.05) is 32.0 Å². The first kappa shape index (κ1) is 17.8. The molecule has 0 amide bonds. The molecule has 1 aromatic carbocycles. The number of hydrogen-bond acceptors (Lipinski definition) is 4. The number of imidazole rings is 1. The Labute approximate surface area is 141 Å². The number of likely N-dealkylation sites (N-methyl/N-ethyl adjacent to an activating group) is 1. The van der Waals surface area contributed by atoms with Crippen molar-refractivity contribution in [3.63, 3.8) is 0 Å². The predicted molar refractivity (Wildman–Crippen MR) is 89.4 cm³/mol. The first-order valence-electron chi connectivity index (χ1n) is 7.06. The number of sulfonamides is 1. The minimum Gasteiger partial charge on any atom is -0.492 e. The molecule has 0 aliphatic carbocycles. The molecule has 1 heterocycles. The lowest BCUT2D eigenvalue weighted by atomic mass is 10.1. The third-order valence-electron chi connectivity index (χ3n) is 3.36. The molecule has 0 saturated carbocycles. The third kappa shape index (κ3) is 4.04. The van der Waals surface area contributed by atoms with E-state index in [0.717, 1.165) is 16.9 Å². The summed E-state index contributed by atoms with van der Waals surface area (Å²) in [5.74, 6) is 0.726. The highest BCUT2D eigenvalue weighted by Gasteiger charge is 2.27. The quantitative estimate of drug-likeness (QED) is 0.796. The maximum atomic E-state index is 12.4. The summed E-state index contributed by atoms with van der Waals surface area (Å²) in [5.41, 5.74) is 2.20. The van der Waals surface area contributed by atoms with Gasteiger partial charge < -0.3 is 9.30 Å². The van der Waals surface area contributed by atoms with Gasteiger partial charge in [-0.3, -0.25) is 0 Å². The van der Waals surface area contributed by atoms with Gasteiger partial charge in [-0.25, -0.2) is 13.4 Å². The zero-order valence-corrected chi connectivity index (χ0v) is 15.1. The molecule has 0 saturated heterocycles. The first-order valence-corrected chi connectivity index (χ1v) is 8.88. The third-order valence-corrected chi connectivity index (χ3v) is 5.71. The number of rotatable bonds is 6. The van der Waals surface area contributed by atoms with Gasteiger partial charge in [0.1, 0.15) is 17.5 Å². The number of hydrogen-bond donors (Lipinski definition) is 0. The lowest BCUT2D eigenvalue weighted by Gasteiger charge is -2.16. The fourth-order valence-electron chi connectivity index (χ4n) is 2.14. The summed E-state index contributed by atoms with van der Waals surface area (Å²) in [4.78, 5) is 3.86. The van der Waals surface area contributed by atoms with Crippen LogP contribution in [0.25, 0.3) is 0 Å². The molecular formula is C15H20ClN3O3S. The van der Waals surface area contributed by atoms with E-state index in [2.05, 4.69) is 4.98 Å². The molecule has 0 N–H and O–H groups in total. The van der Waals surface area contributed by atoms with E-state index in [-0.39, 0.29) is 23.3 Å². The summed E-state index contributed by atoms with van der Waals surface area (Å²) >= 11 is 5.97. The van der Waals surface area contributed by atoms with Crippen molar-refractivity contribution < 1.29 is 13.2 Å². The molecule has 0 aliphatic heterocycles. The van der Waals surface area contributed by atoms with Crippen LogP contribution in [-0.2, 0) is 17.1 Å². The van der Waals surface area contributed by atoms with Gasteiger partial charge in [-0.15, -0.1) is 0 Å². The minimum atomic E-state index is -3.73. The van der Waals surface area contributed by atoms with Crippen LogP contribution in [0.4, 0.5) is 0 Å². The van der Waals surface area contributed by atoms with Gasteiger partial charge in [0.05, 0.1) is 6.33 Å². The number of benzene rings is 1. The van der Waals surface area contributed by atoms with E-state index >= 15 is 0 Å². The average Bonchev–Trinajstić information content (AvgIpc) is 2.78. The standard InChI is InChI=1S/C15H20ClN3O3S/c1-11-7-12(2)9-13(8-11)22-6-5-19(4)23(20,21)15-14(16)18(3)10-17-15/h7-10H,5-6H2,1-4H3. The second kappa shape index (κ2) is 6.90. The van der Waals surface area contributed by atoms with E-state index < -0.39 is 10.0 Å². The van der Waals surface area contributed by atoms with Crippen molar-refractivity contribution in [1.29, 1.82) is 0 Å². The van der Waals surface area contributed by atoms with Crippen LogP contribution in [0.3, 0.4) is 0 Å². The molecule has 2 aromatic rings. The fourth-order valence-corrected chi connectivity index (χ4v) is 3.68. The topological polar surface area (TPSA) is 64.4 Å². The monoisotopic (exact) mass is 357 g/mol. The highest BCUT2D eigenvalue weighted by Crippen LogP contribution is 2.22. The number of halogens is 1. The average molecular weight is 358 g/mol. The summed E-state index contributed by atoms with van der Waals surface area (Å²) in [5, 5.41) is -0.0531. The summed E-state index contributed by atoms with van der Waals surface area (Å²) in [6.45, 7) is 4.41. The van der Waals surface area contributed by atoms with Crippen molar-refractivity contribution in [2.75, 3.05) is 20.2 Å². The van der Waals surface area contributed by atoms with Gasteiger partial charge >= 0.3 is 0 Å². The Balaban J connectivity index is 2.01. The van der Waals surface area contributed by atoms with Crippen molar-refractivity contribution in [3.8, 4) is 5.75 Å². The SMILES string of the molecule is Cc1cc(C)cc(OCCN(C)S(=O)(=O)c2ncn(C)c2Cl)c1. The molecule has 23 heavy (non-hydrogen) atoms. The molecule has 8 heteroatoms. The molecule has 126 valence electrons. The second-order valence-electron chi connectivity index (χ2n) is 5.45. The van der Waals surface area contributed by atoms with E-state index in [9.17, 15) is 8.42 Å². The van der Waals surface area contributed by atoms with E-state index in [4.69, 9.17) is 16.3 Å². The van der Waals surface area contributed by atoms with Crippen molar-refractivity contribution >= 4 is 21.6 Å². The number of ether oxygens (including phenoxy) is 1. The lowest BCUT2D eigenvalue weighted by molar-refractivity contribution is 0.286. The normalized spacial score (nSPS) is 11.9. The predicted octanol–water partition coefficient (Wildman–Crippen LogP) is 2.39. The summed E-state index contributed by atoms with van der Waals surface area (Å²) in [6, 6.07) is 5.88. The van der Waals surface area contributed by atoms with Gasteiger partial charge in [-0.2, -0.15) is 4.31 Å². The Kier molecular flexibility index (Phi) is 5.33. The Morgan fingerprint density at radius 3 is 2.39 bits per heavy atom. The van der Waals surface area contributed by atoms with Crippen molar-refractivity contribution in [3.05, 3.63) is 40.8 Å². The van der Waals surface area contributed by atoms with Crippen LogP contribution in [-0.4, -0.2) is 42.5 Å². The molecule has 6 nitrogen and oxygen atoms in total. The molecule has 0 unspecified atom stereocenters. The highest BCUT2D eigenvalue weighted by molar-refractivity contribution is 7.89. The zero-order chi connectivity index (χ0) is 17.2. The number of aryl methyl sites for hydroxylation is 3. The molecule has 1 aromatic heterocycles. The van der Waals surface area contributed by atoms with Gasteiger partial charge in [0, 0.05) is 20.6 Å². The van der Waals surface area contributed by atoms with Gasteiger partial charge in [0.2, 0.25) is 5.03 Å². The first-order chi connectivity index (χ1) is 10.7. The molecule has 2 rings (SSSR count). The molecule has 0 fully saturated rings. The lowest BCUT2D eigenvalue weighted by Crippen LogP contribution is -2.31. The van der Waals surface area contributed by atoms with Gasteiger partial charge in [0.25, 0.3) is 10.0 Å². The number of aromatic nitrogens is 2. The molecule has 0 radical (unpaired) electrons. The van der Waals surface area contributed by atoms with Crippen LogP contribution >= 0.6 is 11.6 Å². The molecular weight excluding hydrogens is 338 g/mol. The Bertz CT molecular complexity index is 782. The van der Waals surface area contributed by atoms with E-state index in [1.54, 1.807) is 7.05 Å². The van der Waals surface area contributed by atoms with Crippen LogP contribution in [0.15, 0.2) is 29.6 Å². The highest BCUT2D eigenvalue weighted by atomic mass is 35.5. The van der Waals surface area contributed by atoms with Gasteiger partial charge in [0.15, 0.2) is 0 Å². The van der Waals surface area contributed by atoms with Crippen LogP contribution in [0.2, 0.25) is 5.15 Å². The van der Waals surface area contributed by atoms with Crippen LogP contribution in [0.1, 0.15) is 11.1 Å². The zero-order valence-electron chi connectivity index (χ0n) is 13.6. The van der Waals surface area contributed by atoms with Gasteiger partial charge in [-0.05, 0) is 37.1 Å². The minimum absolute atomic E-state index is 0.0899. The summed E-state index contributed by atoms with van der Waals surface area (Å²) in [6.07, 6.45) is 1.37. The van der Waals surface area contributed by atoms with Crippen LogP contribution < -0.4 is 4.74 Å². The van der Waals surface area contributed by atoms with Crippen molar-refractivity contribution in [2.24, 2.45) is 7.05 Å². The Hall–Kier alpha value is -1.57. The number of nitrogens with zero attached hydrogens (tertiary/aromatic N) is 3. The van der Waals surface area contributed by atoms with E-state index in [0.29, 0.717) is 0 Å².